The minimum absolute atomic E-state index is 1.04. The van der Waals surface area contributed by atoms with E-state index in [0.717, 1.165) is 5.69 Å². The molecule has 154 valence electrons. The molecular weight excluding hydrogens is 410 g/mol. The molecule has 31 heavy (non-hydrogen) atoms. The fraction of sp³-hybridized carbons (Fsp3) is 0.179. The van der Waals surface area contributed by atoms with Gasteiger partial charge in [0.15, 0.2) is 0 Å². The van der Waals surface area contributed by atoms with E-state index in [-0.39, 0.29) is 0 Å². The van der Waals surface area contributed by atoms with Crippen LogP contribution in [0.15, 0.2) is 72.9 Å². The van der Waals surface area contributed by atoms with Gasteiger partial charge >= 0.3 is 0 Å². The molecule has 0 saturated heterocycles. The first-order valence-electron chi connectivity index (χ1n) is 10.8. The van der Waals surface area contributed by atoms with Gasteiger partial charge in [0, 0.05) is 37.5 Å². The maximum Gasteiger partial charge on any atom is 0.0776 e. The van der Waals surface area contributed by atoms with Gasteiger partial charge in [0.2, 0.25) is 0 Å². The van der Waals surface area contributed by atoms with E-state index in [0.29, 0.717) is 0 Å². The molecule has 0 saturated carbocycles. The second kappa shape index (κ2) is 7.43. The van der Waals surface area contributed by atoms with Gasteiger partial charge in [-0.15, -0.1) is 11.3 Å². The number of hydrogen-bond acceptors (Lipinski definition) is 2. The van der Waals surface area contributed by atoms with Crippen LogP contribution in [-0.2, 0) is 0 Å². The molecule has 3 heteroatoms. The minimum atomic E-state index is -1.31. The third-order valence-electron chi connectivity index (χ3n) is 6.17. The first-order valence-corrected chi connectivity index (χ1v) is 15.1. The Balaban J connectivity index is 1.56. The van der Waals surface area contributed by atoms with Crippen molar-refractivity contribution in [1.82, 2.24) is 4.98 Å². The van der Waals surface area contributed by atoms with E-state index >= 15 is 0 Å². The first-order chi connectivity index (χ1) is 14.8. The molecule has 2 aromatic heterocycles. The molecule has 0 fully saturated rings. The van der Waals surface area contributed by atoms with Crippen LogP contribution in [0.5, 0.6) is 0 Å². The van der Waals surface area contributed by atoms with E-state index in [9.17, 15) is 0 Å². The third-order valence-corrected chi connectivity index (χ3v) is 9.36. The Kier molecular flexibility index (Phi) is 4.84. The highest BCUT2D eigenvalue weighted by Gasteiger charge is 2.18. The minimum Gasteiger partial charge on any atom is -0.256 e. The molecule has 0 aliphatic rings. The van der Waals surface area contributed by atoms with Crippen molar-refractivity contribution in [3.8, 4) is 22.4 Å². The maximum absolute atomic E-state index is 4.88. The highest BCUT2D eigenvalue weighted by Crippen LogP contribution is 2.36. The van der Waals surface area contributed by atoms with Crippen molar-refractivity contribution in [3.63, 3.8) is 0 Å². The molecule has 0 spiro atoms. The van der Waals surface area contributed by atoms with Crippen LogP contribution in [0.2, 0.25) is 19.6 Å². The average molecular weight is 438 g/mol. The lowest BCUT2D eigenvalue weighted by Crippen LogP contribution is -2.37. The van der Waals surface area contributed by atoms with Gasteiger partial charge in [-0.3, -0.25) is 4.98 Å². The number of aryl methyl sites for hydroxylation is 2. The smallest absolute Gasteiger partial charge is 0.0776 e. The fourth-order valence-corrected chi connectivity index (χ4v) is 6.63. The van der Waals surface area contributed by atoms with Crippen LogP contribution < -0.4 is 5.19 Å². The van der Waals surface area contributed by atoms with E-state index in [4.69, 9.17) is 4.98 Å². The Labute approximate surface area is 189 Å². The summed E-state index contributed by atoms with van der Waals surface area (Å²) >= 11 is 1.86. The molecule has 5 rings (SSSR count). The highest BCUT2D eigenvalue weighted by molar-refractivity contribution is 7.25. The zero-order chi connectivity index (χ0) is 21.8. The Bertz CT molecular complexity index is 1440. The molecule has 2 heterocycles. The molecule has 3 aromatic carbocycles. The predicted octanol–water partition coefficient (Wildman–Crippen LogP) is 7.95. The molecule has 0 atom stereocenters. The van der Waals surface area contributed by atoms with E-state index in [2.05, 4.69) is 106 Å². The van der Waals surface area contributed by atoms with Crippen LogP contribution in [0.3, 0.4) is 0 Å². The Hall–Kier alpha value is -2.75. The summed E-state index contributed by atoms with van der Waals surface area (Å²) in [5, 5.41) is 4.16. The quantitative estimate of drug-likeness (QED) is 0.261. The van der Waals surface area contributed by atoms with Crippen LogP contribution in [0.1, 0.15) is 11.1 Å². The number of benzene rings is 3. The number of hydrogen-bond donors (Lipinski definition) is 0. The topological polar surface area (TPSA) is 12.9 Å². The van der Waals surface area contributed by atoms with E-state index in [1.54, 1.807) is 0 Å². The number of rotatable bonds is 3. The molecule has 0 unspecified atom stereocenters. The van der Waals surface area contributed by atoms with E-state index < -0.39 is 8.07 Å². The van der Waals surface area contributed by atoms with Gasteiger partial charge in [0.1, 0.15) is 0 Å². The number of thiophene rings is 1. The number of pyridine rings is 1. The van der Waals surface area contributed by atoms with E-state index in [1.807, 2.05) is 11.3 Å². The SMILES string of the molecule is Cc1cc([Si](C)(C)C)ccc1-c1cnc(-c2ccc3sc4ccccc4c3c2)cc1C. The largest absolute Gasteiger partial charge is 0.256 e. The van der Waals surface area contributed by atoms with Crippen molar-refractivity contribution >= 4 is 44.8 Å². The summed E-state index contributed by atoms with van der Waals surface area (Å²) in [5.74, 6) is 0. The van der Waals surface area contributed by atoms with Crippen LogP contribution in [-0.4, -0.2) is 13.1 Å². The molecule has 5 aromatic rings. The van der Waals surface area contributed by atoms with Gasteiger partial charge in [0.05, 0.1) is 13.8 Å². The Morgan fingerprint density at radius 1 is 0.710 bits per heavy atom. The molecule has 0 aliphatic carbocycles. The molecule has 0 bridgehead atoms. The summed E-state index contributed by atoms with van der Waals surface area (Å²) in [6, 6.07) is 24.6. The van der Waals surface area contributed by atoms with Crippen molar-refractivity contribution in [2.75, 3.05) is 0 Å². The van der Waals surface area contributed by atoms with Gasteiger partial charge in [-0.25, -0.2) is 0 Å². The van der Waals surface area contributed by atoms with Crippen molar-refractivity contribution in [2.45, 2.75) is 33.5 Å². The van der Waals surface area contributed by atoms with Gasteiger partial charge < -0.3 is 0 Å². The number of fused-ring (bicyclic) bond motifs is 3. The van der Waals surface area contributed by atoms with Crippen molar-refractivity contribution in [3.05, 3.63) is 84.1 Å². The van der Waals surface area contributed by atoms with Gasteiger partial charge in [-0.1, -0.05) is 67.3 Å². The van der Waals surface area contributed by atoms with Crippen LogP contribution in [0.4, 0.5) is 0 Å². The van der Waals surface area contributed by atoms with Crippen molar-refractivity contribution in [1.29, 1.82) is 0 Å². The fourth-order valence-electron chi connectivity index (χ4n) is 4.31. The van der Waals surface area contributed by atoms with Crippen LogP contribution in [0.25, 0.3) is 42.6 Å². The van der Waals surface area contributed by atoms with Crippen LogP contribution in [0, 0.1) is 13.8 Å². The number of aromatic nitrogens is 1. The Morgan fingerprint density at radius 3 is 2.19 bits per heavy atom. The molecule has 0 radical (unpaired) electrons. The summed E-state index contributed by atoms with van der Waals surface area (Å²) in [5.41, 5.74) is 7.34. The van der Waals surface area contributed by atoms with E-state index in [1.165, 1.54) is 53.2 Å². The lowest BCUT2D eigenvalue weighted by Gasteiger charge is -2.19. The van der Waals surface area contributed by atoms with Gasteiger partial charge in [-0.2, -0.15) is 0 Å². The molecule has 1 nitrogen and oxygen atoms in total. The lowest BCUT2D eigenvalue weighted by atomic mass is 9.97. The summed E-state index contributed by atoms with van der Waals surface area (Å²) in [6.45, 7) is 11.6. The lowest BCUT2D eigenvalue weighted by molar-refractivity contribution is 1.28. The first kappa shape index (κ1) is 20.2. The average Bonchev–Trinajstić information content (AvgIpc) is 3.11. The molecule has 0 N–H and O–H groups in total. The van der Waals surface area contributed by atoms with Crippen LogP contribution >= 0.6 is 11.3 Å². The second-order valence-corrected chi connectivity index (χ2v) is 15.6. The number of nitrogens with zero attached hydrogens (tertiary/aromatic N) is 1. The standard InChI is InChI=1S/C28H27NSSi/c1-18-14-21(31(3,4)5)11-12-22(18)25-17-29-26(15-19(25)2)20-10-13-28-24(16-20)23-8-6-7-9-27(23)30-28/h6-17H,1-5H3. The Morgan fingerprint density at radius 2 is 1.45 bits per heavy atom. The summed E-state index contributed by atoms with van der Waals surface area (Å²) in [6.07, 6.45) is 2.05. The normalized spacial score (nSPS) is 12.0. The summed E-state index contributed by atoms with van der Waals surface area (Å²) < 4.78 is 2.67. The van der Waals surface area contributed by atoms with Crippen molar-refractivity contribution in [2.24, 2.45) is 0 Å². The zero-order valence-electron chi connectivity index (χ0n) is 18.8. The van der Waals surface area contributed by atoms with Gasteiger partial charge in [-0.05, 0) is 54.8 Å². The highest BCUT2D eigenvalue weighted by atomic mass is 32.1. The van der Waals surface area contributed by atoms with Gasteiger partial charge in [0.25, 0.3) is 0 Å². The third kappa shape index (κ3) is 3.62. The summed E-state index contributed by atoms with van der Waals surface area (Å²) in [7, 11) is -1.31. The second-order valence-electron chi connectivity index (χ2n) is 9.47. The maximum atomic E-state index is 4.88. The summed E-state index contributed by atoms with van der Waals surface area (Å²) in [4.78, 5) is 4.88. The monoisotopic (exact) mass is 437 g/mol. The predicted molar refractivity (Wildman–Crippen MR) is 140 cm³/mol. The molecular formula is C28H27NSSi. The zero-order valence-corrected chi connectivity index (χ0v) is 20.6. The molecule has 0 amide bonds. The molecule has 0 aliphatic heterocycles. The van der Waals surface area contributed by atoms with Crippen molar-refractivity contribution < 1.29 is 0 Å².